The molecule has 0 aliphatic rings. The van der Waals surface area contributed by atoms with E-state index in [4.69, 9.17) is 5.84 Å². The van der Waals surface area contributed by atoms with Crippen molar-refractivity contribution in [3.05, 3.63) is 42.0 Å². The third-order valence-electron chi connectivity index (χ3n) is 2.77. The fraction of sp³-hybridized carbons (Fsp3) is 0.250. The summed E-state index contributed by atoms with van der Waals surface area (Å²) in [6.45, 7) is 3.08. The van der Waals surface area contributed by atoms with E-state index in [2.05, 4.69) is 20.9 Å². The molecule has 0 spiro atoms. The number of rotatable bonds is 5. The van der Waals surface area contributed by atoms with Gasteiger partial charge in [0.1, 0.15) is 6.33 Å². The Hall–Kier alpha value is -2.41. The molecule has 0 unspecified atom stereocenters. The summed E-state index contributed by atoms with van der Waals surface area (Å²) in [5, 5.41) is 10.6. The van der Waals surface area contributed by atoms with Crippen molar-refractivity contribution in [3.63, 3.8) is 0 Å². The standard InChI is InChI=1S/C12H16N6O/c1-2-18-8-15-17-11(18)7-14-12(19)9-5-3-4-6-10(9)16-13/h3-6,8,16H,2,7,13H2,1H3,(H,14,19). The van der Waals surface area contributed by atoms with Gasteiger partial charge in [-0.2, -0.15) is 0 Å². The number of amides is 1. The van der Waals surface area contributed by atoms with Crippen LogP contribution in [0.25, 0.3) is 0 Å². The summed E-state index contributed by atoms with van der Waals surface area (Å²) in [6.07, 6.45) is 1.64. The number of para-hydroxylation sites is 1. The molecule has 0 atom stereocenters. The van der Waals surface area contributed by atoms with Crippen molar-refractivity contribution >= 4 is 11.6 Å². The van der Waals surface area contributed by atoms with E-state index in [1.54, 1.807) is 30.6 Å². The van der Waals surface area contributed by atoms with Crippen LogP contribution >= 0.6 is 0 Å². The van der Waals surface area contributed by atoms with Crippen LogP contribution in [0.15, 0.2) is 30.6 Å². The van der Waals surface area contributed by atoms with Crippen LogP contribution in [0.3, 0.4) is 0 Å². The van der Waals surface area contributed by atoms with Crippen LogP contribution < -0.4 is 16.6 Å². The second kappa shape index (κ2) is 5.96. The summed E-state index contributed by atoms with van der Waals surface area (Å²) in [5.41, 5.74) is 3.57. The van der Waals surface area contributed by atoms with Crippen LogP contribution in [-0.2, 0) is 13.1 Å². The van der Waals surface area contributed by atoms with Crippen molar-refractivity contribution in [2.24, 2.45) is 5.84 Å². The topological polar surface area (TPSA) is 97.9 Å². The Kier molecular flexibility index (Phi) is 4.09. The van der Waals surface area contributed by atoms with Gasteiger partial charge in [0.05, 0.1) is 17.8 Å². The molecule has 1 aromatic carbocycles. The number of hydrazine groups is 1. The number of carbonyl (C=O) groups excluding carboxylic acids is 1. The van der Waals surface area contributed by atoms with Gasteiger partial charge in [0.2, 0.25) is 0 Å². The van der Waals surface area contributed by atoms with Crippen LogP contribution in [0.1, 0.15) is 23.1 Å². The first kappa shape index (κ1) is 13.0. The van der Waals surface area contributed by atoms with Crippen LogP contribution in [0.4, 0.5) is 5.69 Å². The summed E-state index contributed by atoms with van der Waals surface area (Å²) in [6, 6.07) is 7.03. The van der Waals surface area contributed by atoms with E-state index in [1.165, 1.54) is 0 Å². The molecule has 4 N–H and O–H groups in total. The third kappa shape index (κ3) is 2.89. The minimum Gasteiger partial charge on any atom is -0.345 e. The number of hydrogen-bond acceptors (Lipinski definition) is 5. The van der Waals surface area contributed by atoms with Crippen LogP contribution in [0.5, 0.6) is 0 Å². The fourth-order valence-electron chi connectivity index (χ4n) is 1.74. The first-order chi connectivity index (χ1) is 9.26. The Balaban J connectivity index is 2.05. The quantitative estimate of drug-likeness (QED) is 0.537. The Labute approximate surface area is 110 Å². The SMILES string of the molecule is CCn1cnnc1CNC(=O)c1ccccc1NN. The zero-order valence-electron chi connectivity index (χ0n) is 10.6. The second-order valence-corrected chi connectivity index (χ2v) is 3.91. The van der Waals surface area contributed by atoms with Crippen molar-refractivity contribution in [1.82, 2.24) is 20.1 Å². The summed E-state index contributed by atoms with van der Waals surface area (Å²) in [5.74, 6) is 5.88. The van der Waals surface area contributed by atoms with Crippen molar-refractivity contribution in [2.75, 3.05) is 5.43 Å². The number of nitrogen functional groups attached to an aromatic ring is 1. The largest absolute Gasteiger partial charge is 0.345 e. The lowest BCUT2D eigenvalue weighted by Gasteiger charge is -2.09. The van der Waals surface area contributed by atoms with E-state index in [9.17, 15) is 4.79 Å². The minimum absolute atomic E-state index is 0.209. The lowest BCUT2D eigenvalue weighted by molar-refractivity contribution is 0.0950. The van der Waals surface area contributed by atoms with E-state index >= 15 is 0 Å². The number of nitrogens with one attached hydrogen (secondary N) is 2. The van der Waals surface area contributed by atoms with Crippen molar-refractivity contribution in [1.29, 1.82) is 0 Å². The molecular weight excluding hydrogens is 244 g/mol. The summed E-state index contributed by atoms with van der Waals surface area (Å²) < 4.78 is 1.87. The lowest BCUT2D eigenvalue weighted by atomic mass is 10.1. The third-order valence-corrected chi connectivity index (χ3v) is 2.77. The molecule has 0 saturated heterocycles. The summed E-state index contributed by atoms with van der Waals surface area (Å²) in [4.78, 5) is 12.1. The molecule has 7 nitrogen and oxygen atoms in total. The first-order valence-electron chi connectivity index (χ1n) is 5.96. The second-order valence-electron chi connectivity index (χ2n) is 3.91. The predicted molar refractivity (Wildman–Crippen MR) is 71.1 cm³/mol. The molecule has 0 bridgehead atoms. The van der Waals surface area contributed by atoms with Gasteiger partial charge >= 0.3 is 0 Å². The van der Waals surface area contributed by atoms with Crippen LogP contribution in [-0.4, -0.2) is 20.7 Å². The smallest absolute Gasteiger partial charge is 0.253 e. The number of benzene rings is 1. The highest BCUT2D eigenvalue weighted by atomic mass is 16.1. The molecular formula is C12H16N6O. The van der Waals surface area contributed by atoms with E-state index in [0.29, 0.717) is 23.6 Å². The van der Waals surface area contributed by atoms with Gasteiger partial charge in [-0.15, -0.1) is 10.2 Å². The Morgan fingerprint density at radius 2 is 2.21 bits per heavy atom. The molecule has 0 aliphatic heterocycles. The van der Waals surface area contributed by atoms with Crippen LogP contribution in [0, 0.1) is 0 Å². The number of carbonyl (C=O) groups is 1. The number of nitrogens with two attached hydrogens (primary N) is 1. The molecule has 0 saturated carbocycles. The van der Waals surface area contributed by atoms with Gasteiger partial charge in [-0.05, 0) is 19.1 Å². The summed E-state index contributed by atoms with van der Waals surface area (Å²) in [7, 11) is 0. The van der Waals surface area contributed by atoms with Gasteiger partial charge in [0, 0.05) is 6.54 Å². The molecule has 7 heteroatoms. The molecule has 0 fully saturated rings. The number of hydrogen-bond donors (Lipinski definition) is 3. The monoisotopic (exact) mass is 260 g/mol. The maximum absolute atomic E-state index is 12.1. The maximum Gasteiger partial charge on any atom is 0.253 e. The lowest BCUT2D eigenvalue weighted by Crippen LogP contribution is -2.26. The Morgan fingerprint density at radius 3 is 2.95 bits per heavy atom. The molecule has 19 heavy (non-hydrogen) atoms. The zero-order valence-corrected chi connectivity index (χ0v) is 10.6. The molecule has 100 valence electrons. The van der Waals surface area contributed by atoms with E-state index in [1.807, 2.05) is 11.5 Å². The van der Waals surface area contributed by atoms with Gasteiger partial charge in [-0.3, -0.25) is 10.6 Å². The van der Waals surface area contributed by atoms with E-state index < -0.39 is 0 Å². The van der Waals surface area contributed by atoms with Crippen molar-refractivity contribution < 1.29 is 4.79 Å². The van der Waals surface area contributed by atoms with Gasteiger partial charge in [0.25, 0.3) is 5.91 Å². The molecule has 1 aromatic heterocycles. The fourth-order valence-corrected chi connectivity index (χ4v) is 1.74. The predicted octanol–water partition coefficient (Wildman–Crippen LogP) is 0.514. The maximum atomic E-state index is 12.1. The Morgan fingerprint density at radius 1 is 1.42 bits per heavy atom. The molecule has 2 rings (SSSR count). The average molecular weight is 260 g/mol. The van der Waals surface area contributed by atoms with Crippen molar-refractivity contribution in [2.45, 2.75) is 20.0 Å². The minimum atomic E-state index is -0.209. The Bertz CT molecular complexity index is 565. The van der Waals surface area contributed by atoms with E-state index in [-0.39, 0.29) is 5.91 Å². The van der Waals surface area contributed by atoms with Gasteiger partial charge in [-0.25, -0.2) is 0 Å². The zero-order chi connectivity index (χ0) is 13.7. The van der Waals surface area contributed by atoms with E-state index in [0.717, 1.165) is 6.54 Å². The normalized spacial score (nSPS) is 10.2. The molecule has 2 aromatic rings. The molecule has 0 aliphatic carbocycles. The highest BCUT2D eigenvalue weighted by Gasteiger charge is 2.11. The van der Waals surface area contributed by atoms with Crippen LogP contribution in [0.2, 0.25) is 0 Å². The van der Waals surface area contributed by atoms with Gasteiger partial charge in [-0.1, -0.05) is 12.1 Å². The van der Waals surface area contributed by atoms with Crippen molar-refractivity contribution in [3.8, 4) is 0 Å². The molecule has 0 radical (unpaired) electrons. The van der Waals surface area contributed by atoms with Gasteiger partial charge < -0.3 is 15.3 Å². The number of aryl methyl sites for hydroxylation is 1. The molecule has 1 amide bonds. The number of anilines is 1. The summed E-state index contributed by atoms with van der Waals surface area (Å²) >= 11 is 0. The number of nitrogens with zero attached hydrogens (tertiary/aromatic N) is 3. The number of aromatic nitrogens is 3. The average Bonchev–Trinajstić information content (AvgIpc) is 2.92. The van der Waals surface area contributed by atoms with Gasteiger partial charge in [0.15, 0.2) is 5.82 Å². The highest BCUT2D eigenvalue weighted by molar-refractivity contribution is 5.99. The molecule has 1 heterocycles. The highest BCUT2D eigenvalue weighted by Crippen LogP contribution is 2.13. The first-order valence-corrected chi connectivity index (χ1v) is 5.96.